The summed E-state index contributed by atoms with van der Waals surface area (Å²) < 4.78 is 23.0. The van der Waals surface area contributed by atoms with Crippen LogP contribution in [0.5, 0.6) is 0 Å². The monoisotopic (exact) mass is 298 g/mol. The maximum atomic E-state index is 11.5. The maximum Gasteiger partial charge on any atom is 0.150 e. The van der Waals surface area contributed by atoms with Gasteiger partial charge in [-0.2, -0.15) is 0 Å². The van der Waals surface area contributed by atoms with E-state index in [0.717, 1.165) is 24.6 Å². The summed E-state index contributed by atoms with van der Waals surface area (Å²) in [5.74, 6) is 1.83. The maximum absolute atomic E-state index is 11.5. The molecule has 0 bridgehead atoms. The van der Waals surface area contributed by atoms with Crippen molar-refractivity contribution >= 4 is 25.8 Å². The molecule has 0 aliphatic carbocycles. The van der Waals surface area contributed by atoms with Crippen molar-refractivity contribution in [2.75, 3.05) is 16.8 Å². The summed E-state index contributed by atoms with van der Waals surface area (Å²) in [6.45, 7) is 6.26. The number of hydrogen-bond acceptors (Lipinski definition) is 2. The van der Waals surface area contributed by atoms with Gasteiger partial charge < -0.3 is 0 Å². The number of hydrogen-bond donors (Lipinski definition) is 0. The summed E-state index contributed by atoms with van der Waals surface area (Å²) in [6, 6.07) is 0. The van der Waals surface area contributed by atoms with Gasteiger partial charge in [0.25, 0.3) is 0 Å². The highest BCUT2D eigenvalue weighted by Gasteiger charge is 2.15. The van der Waals surface area contributed by atoms with Gasteiger partial charge in [-0.1, -0.05) is 36.7 Å². The van der Waals surface area contributed by atoms with E-state index in [0.29, 0.717) is 23.3 Å². The Morgan fingerprint density at radius 3 is 2.20 bits per heavy atom. The predicted molar refractivity (Wildman–Crippen MR) is 70.3 cm³/mol. The lowest BCUT2D eigenvalue weighted by Gasteiger charge is -2.16. The van der Waals surface area contributed by atoms with Crippen molar-refractivity contribution in [3.05, 3.63) is 0 Å². The van der Waals surface area contributed by atoms with Gasteiger partial charge in [0.05, 0.1) is 5.75 Å². The summed E-state index contributed by atoms with van der Waals surface area (Å²) in [6.07, 6.45) is 2.63. The molecule has 0 aromatic rings. The van der Waals surface area contributed by atoms with Crippen LogP contribution in [-0.2, 0) is 9.84 Å². The van der Waals surface area contributed by atoms with Gasteiger partial charge in [0.15, 0.2) is 0 Å². The molecule has 4 heteroatoms. The lowest BCUT2D eigenvalue weighted by Crippen LogP contribution is -2.16. The fourth-order valence-corrected chi connectivity index (χ4v) is 3.79. The van der Waals surface area contributed by atoms with Crippen LogP contribution in [0.25, 0.3) is 0 Å². The van der Waals surface area contributed by atoms with Crippen molar-refractivity contribution in [2.24, 2.45) is 11.8 Å². The van der Waals surface area contributed by atoms with E-state index >= 15 is 0 Å². The largest absolute Gasteiger partial charge is 0.229 e. The average Bonchev–Trinajstić information content (AvgIpc) is 2.11. The highest BCUT2D eigenvalue weighted by Crippen LogP contribution is 2.18. The van der Waals surface area contributed by atoms with E-state index in [9.17, 15) is 8.42 Å². The first-order valence-corrected chi connectivity index (χ1v) is 8.62. The quantitative estimate of drug-likeness (QED) is 0.645. The third-order valence-electron chi connectivity index (χ3n) is 2.38. The van der Waals surface area contributed by atoms with E-state index in [1.54, 1.807) is 0 Å². The lowest BCUT2D eigenvalue weighted by atomic mass is 9.97. The topological polar surface area (TPSA) is 34.1 Å². The molecule has 0 saturated carbocycles. The molecule has 0 aliphatic rings. The summed E-state index contributed by atoms with van der Waals surface area (Å²) in [5, 5.41) is 0.910. The molecule has 0 fully saturated rings. The second kappa shape index (κ2) is 7.66. The molecule has 15 heavy (non-hydrogen) atoms. The lowest BCUT2D eigenvalue weighted by molar-refractivity contribution is 0.435. The Morgan fingerprint density at radius 2 is 1.80 bits per heavy atom. The van der Waals surface area contributed by atoms with E-state index in [-0.39, 0.29) is 0 Å². The van der Waals surface area contributed by atoms with Crippen LogP contribution in [-0.4, -0.2) is 25.3 Å². The number of halogens is 1. The van der Waals surface area contributed by atoms with Gasteiger partial charge in [0.1, 0.15) is 9.84 Å². The zero-order chi connectivity index (χ0) is 11.9. The van der Waals surface area contributed by atoms with Crippen LogP contribution in [0.15, 0.2) is 0 Å². The minimum atomic E-state index is -2.79. The second-order valence-corrected chi connectivity index (χ2v) is 7.54. The molecule has 0 heterocycles. The molecule has 0 amide bonds. The number of sulfone groups is 1. The Morgan fingerprint density at radius 1 is 1.20 bits per heavy atom. The van der Waals surface area contributed by atoms with Crippen LogP contribution in [0.1, 0.15) is 40.0 Å². The Hall–Kier alpha value is 0.430. The molecule has 0 saturated heterocycles. The molecule has 1 atom stereocenters. The summed E-state index contributed by atoms with van der Waals surface area (Å²) >= 11 is 3.46. The van der Waals surface area contributed by atoms with Crippen LogP contribution < -0.4 is 0 Å². The molecular formula is C11H23BrO2S. The first-order valence-electron chi connectivity index (χ1n) is 5.67. The first kappa shape index (κ1) is 15.4. The van der Waals surface area contributed by atoms with Crippen LogP contribution in [0.4, 0.5) is 0 Å². The predicted octanol–water partition coefficient (Wildman–Crippen LogP) is 3.26. The minimum absolute atomic E-state index is 0.337. The molecule has 0 aromatic heterocycles. The SMILES string of the molecule is CCCS(=O)(=O)CCC(CBr)CC(C)C. The average molecular weight is 299 g/mol. The fraction of sp³-hybridized carbons (Fsp3) is 1.00. The minimum Gasteiger partial charge on any atom is -0.229 e. The zero-order valence-corrected chi connectivity index (χ0v) is 12.4. The molecule has 0 N–H and O–H groups in total. The normalized spacial score (nSPS) is 14.5. The van der Waals surface area contributed by atoms with Gasteiger partial charge in [-0.25, -0.2) is 8.42 Å². The van der Waals surface area contributed by atoms with Crippen molar-refractivity contribution in [1.82, 2.24) is 0 Å². The fourth-order valence-electron chi connectivity index (χ4n) is 1.68. The van der Waals surface area contributed by atoms with Gasteiger partial charge in [-0.3, -0.25) is 0 Å². The summed E-state index contributed by atoms with van der Waals surface area (Å²) in [7, 11) is -2.79. The van der Waals surface area contributed by atoms with E-state index in [1.807, 2.05) is 6.92 Å². The highest BCUT2D eigenvalue weighted by atomic mass is 79.9. The van der Waals surface area contributed by atoms with Gasteiger partial charge in [-0.15, -0.1) is 0 Å². The van der Waals surface area contributed by atoms with Crippen molar-refractivity contribution in [1.29, 1.82) is 0 Å². The van der Waals surface area contributed by atoms with Gasteiger partial charge in [0.2, 0.25) is 0 Å². The Kier molecular flexibility index (Phi) is 7.88. The molecule has 0 rings (SSSR count). The van der Waals surface area contributed by atoms with Crippen LogP contribution in [0.2, 0.25) is 0 Å². The molecule has 0 spiro atoms. The molecule has 92 valence electrons. The number of rotatable bonds is 8. The summed E-state index contributed by atoms with van der Waals surface area (Å²) in [5.41, 5.74) is 0. The first-order chi connectivity index (χ1) is 6.91. The van der Waals surface area contributed by atoms with Crippen molar-refractivity contribution in [3.8, 4) is 0 Å². The smallest absolute Gasteiger partial charge is 0.150 e. The van der Waals surface area contributed by atoms with Crippen LogP contribution in [0, 0.1) is 11.8 Å². The molecule has 0 aliphatic heterocycles. The standard InChI is InChI=1S/C11H23BrO2S/c1-4-6-15(13,14)7-5-11(9-12)8-10(2)3/h10-11H,4-9H2,1-3H3. The molecule has 0 aromatic carbocycles. The van der Waals surface area contributed by atoms with Crippen molar-refractivity contribution < 1.29 is 8.42 Å². The Bertz CT molecular complexity index is 247. The third kappa shape index (κ3) is 8.26. The summed E-state index contributed by atoms with van der Waals surface area (Å²) in [4.78, 5) is 0. The molecule has 2 nitrogen and oxygen atoms in total. The van der Waals surface area contributed by atoms with Crippen molar-refractivity contribution in [2.45, 2.75) is 40.0 Å². The third-order valence-corrected chi connectivity index (χ3v) is 5.18. The Labute approximate surface area is 103 Å². The van der Waals surface area contributed by atoms with E-state index in [4.69, 9.17) is 0 Å². The van der Waals surface area contributed by atoms with E-state index < -0.39 is 9.84 Å². The zero-order valence-electron chi connectivity index (χ0n) is 10.0. The van der Waals surface area contributed by atoms with E-state index in [1.165, 1.54) is 0 Å². The Balaban J connectivity index is 4.00. The van der Waals surface area contributed by atoms with E-state index in [2.05, 4.69) is 29.8 Å². The molecule has 1 unspecified atom stereocenters. The van der Waals surface area contributed by atoms with Gasteiger partial charge >= 0.3 is 0 Å². The second-order valence-electron chi connectivity index (χ2n) is 4.59. The van der Waals surface area contributed by atoms with Crippen LogP contribution >= 0.6 is 15.9 Å². The van der Waals surface area contributed by atoms with Gasteiger partial charge in [-0.05, 0) is 31.1 Å². The van der Waals surface area contributed by atoms with Crippen molar-refractivity contribution in [3.63, 3.8) is 0 Å². The molecular weight excluding hydrogens is 276 g/mol. The number of alkyl halides is 1. The highest BCUT2D eigenvalue weighted by molar-refractivity contribution is 9.09. The van der Waals surface area contributed by atoms with Gasteiger partial charge in [0, 0.05) is 11.1 Å². The van der Waals surface area contributed by atoms with Crippen LogP contribution in [0.3, 0.4) is 0 Å². The molecule has 0 radical (unpaired) electrons.